The van der Waals surface area contributed by atoms with Crippen molar-refractivity contribution in [2.24, 2.45) is 5.92 Å². The van der Waals surface area contributed by atoms with Crippen LogP contribution in [0.3, 0.4) is 0 Å². The Morgan fingerprint density at radius 1 is 1.48 bits per heavy atom. The van der Waals surface area contributed by atoms with Crippen LogP contribution in [0.1, 0.15) is 35.6 Å². The highest BCUT2D eigenvalue weighted by Gasteiger charge is 2.20. The monoisotopic (exact) mass is 355 g/mol. The van der Waals surface area contributed by atoms with E-state index in [2.05, 4.69) is 26.2 Å². The van der Waals surface area contributed by atoms with Crippen molar-refractivity contribution >= 4 is 21.9 Å². The maximum Gasteiger partial charge on any atom is 0.358 e. The number of aromatic carboxylic acids is 1. The molecule has 0 amide bonds. The minimum absolute atomic E-state index is 0.0683. The molecule has 0 aliphatic heterocycles. The van der Waals surface area contributed by atoms with E-state index in [1.54, 1.807) is 12.1 Å². The first-order chi connectivity index (χ1) is 9.88. The molecule has 0 spiro atoms. The van der Waals surface area contributed by atoms with Crippen LogP contribution in [-0.2, 0) is 13.0 Å². The molecule has 0 bridgehead atoms. The van der Waals surface area contributed by atoms with Crippen molar-refractivity contribution in [2.75, 3.05) is 0 Å². The van der Waals surface area contributed by atoms with Crippen molar-refractivity contribution in [3.8, 4) is 0 Å². The normalized spacial score (nSPS) is 11.1. The fraction of sp³-hybridized carbons (Fsp3) is 0.357. The van der Waals surface area contributed by atoms with Crippen molar-refractivity contribution in [1.82, 2.24) is 15.0 Å². The van der Waals surface area contributed by atoms with E-state index in [9.17, 15) is 9.18 Å². The third kappa shape index (κ3) is 3.66. The van der Waals surface area contributed by atoms with Crippen molar-refractivity contribution in [2.45, 2.75) is 26.8 Å². The summed E-state index contributed by atoms with van der Waals surface area (Å²) in [4.78, 5) is 11.2. The number of carbonyl (C=O) groups is 1. The first-order valence-electron chi connectivity index (χ1n) is 6.48. The molecule has 0 atom stereocenters. The summed E-state index contributed by atoms with van der Waals surface area (Å²) in [6, 6.07) is 4.74. The molecular weight excluding hydrogens is 341 g/mol. The van der Waals surface area contributed by atoms with Gasteiger partial charge in [0.25, 0.3) is 0 Å². The van der Waals surface area contributed by atoms with Gasteiger partial charge in [-0.05, 0) is 24.5 Å². The van der Waals surface area contributed by atoms with E-state index in [0.717, 1.165) is 0 Å². The van der Waals surface area contributed by atoms with E-state index in [-0.39, 0.29) is 24.0 Å². The first kappa shape index (κ1) is 15.6. The second kappa shape index (κ2) is 6.34. The van der Waals surface area contributed by atoms with Crippen LogP contribution >= 0.6 is 15.9 Å². The number of nitrogens with zero attached hydrogens (tertiary/aromatic N) is 3. The number of hydrogen-bond acceptors (Lipinski definition) is 3. The fourth-order valence-electron chi connectivity index (χ4n) is 2.03. The van der Waals surface area contributed by atoms with Gasteiger partial charge in [0, 0.05) is 10.0 Å². The van der Waals surface area contributed by atoms with E-state index >= 15 is 0 Å². The smallest absolute Gasteiger partial charge is 0.358 e. The maximum atomic E-state index is 13.9. The van der Waals surface area contributed by atoms with Gasteiger partial charge in [0.2, 0.25) is 0 Å². The average molecular weight is 356 g/mol. The highest BCUT2D eigenvalue weighted by Crippen LogP contribution is 2.18. The summed E-state index contributed by atoms with van der Waals surface area (Å²) in [6.45, 7) is 4.10. The predicted octanol–water partition coefficient (Wildman–Crippen LogP) is 3.12. The molecule has 0 saturated heterocycles. The van der Waals surface area contributed by atoms with E-state index < -0.39 is 5.97 Å². The fourth-order valence-corrected chi connectivity index (χ4v) is 2.36. The third-order valence-electron chi connectivity index (χ3n) is 2.98. The largest absolute Gasteiger partial charge is 0.476 e. The summed E-state index contributed by atoms with van der Waals surface area (Å²) in [5.41, 5.74) is 0.881. The average Bonchev–Trinajstić information content (AvgIpc) is 2.75. The van der Waals surface area contributed by atoms with Crippen LogP contribution in [-0.4, -0.2) is 26.1 Å². The van der Waals surface area contributed by atoms with Gasteiger partial charge in [0.05, 0.1) is 12.2 Å². The summed E-state index contributed by atoms with van der Waals surface area (Å²) >= 11 is 3.20. The lowest BCUT2D eigenvalue weighted by Gasteiger charge is -2.10. The molecule has 0 radical (unpaired) electrons. The summed E-state index contributed by atoms with van der Waals surface area (Å²) in [7, 11) is 0. The number of carboxylic acid groups (broad SMARTS) is 1. The second-order valence-electron chi connectivity index (χ2n) is 5.18. The van der Waals surface area contributed by atoms with Crippen LogP contribution in [0.2, 0.25) is 0 Å². The van der Waals surface area contributed by atoms with E-state index in [0.29, 0.717) is 22.2 Å². The topological polar surface area (TPSA) is 68.0 Å². The van der Waals surface area contributed by atoms with E-state index in [1.165, 1.54) is 10.7 Å². The van der Waals surface area contributed by atoms with Crippen LogP contribution in [0.4, 0.5) is 4.39 Å². The SMILES string of the molecule is CC(C)Cc1c(C(=O)O)nnn1Cc1ccc(Br)cc1F. The predicted molar refractivity (Wildman–Crippen MR) is 78.7 cm³/mol. The Labute approximate surface area is 129 Å². The molecule has 1 heterocycles. The number of rotatable bonds is 5. The van der Waals surface area contributed by atoms with E-state index in [4.69, 9.17) is 5.11 Å². The molecule has 7 heteroatoms. The van der Waals surface area contributed by atoms with Crippen LogP contribution in [0.15, 0.2) is 22.7 Å². The molecule has 0 saturated carbocycles. The molecule has 1 N–H and O–H groups in total. The Hall–Kier alpha value is -1.76. The van der Waals surface area contributed by atoms with Crippen molar-refractivity contribution < 1.29 is 14.3 Å². The zero-order valence-electron chi connectivity index (χ0n) is 11.7. The maximum absolute atomic E-state index is 13.9. The molecule has 0 fully saturated rings. The van der Waals surface area contributed by atoms with Gasteiger partial charge >= 0.3 is 5.97 Å². The van der Waals surface area contributed by atoms with Crippen LogP contribution in [0.5, 0.6) is 0 Å². The van der Waals surface area contributed by atoms with Gasteiger partial charge in [0.1, 0.15) is 5.82 Å². The molecule has 0 aliphatic rings. The van der Waals surface area contributed by atoms with Gasteiger partial charge in [-0.2, -0.15) is 0 Å². The molecule has 0 unspecified atom stereocenters. The van der Waals surface area contributed by atoms with Crippen molar-refractivity contribution in [3.05, 3.63) is 45.4 Å². The van der Waals surface area contributed by atoms with Crippen molar-refractivity contribution in [3.63, 3.8) is 0 Å². The molecule has 1 aromatic carbocycles. The molecule has 1 aromatic heterocycles. The minimum Gasteiger partial charge on any atom is -0.476 e. The lowest BCUT2D eigenvalue weighted by atomic mass is 10.1. The van der Waals surface area contributed by atoms with Crippen molar-refractivity contribution in [1.29, 1.82) is 0 Å². The highest BCUT2D eigenvalue weighted by atomic mass is 79.9. The number of halogens is 2. The Bertz CT molecular complexity index is 670. The summed E-state index contributed by atoms with van der Waals surface area (Å²) in [6.07, 6.45) is 0.521. The molecule has 2 rings (SSSR count). The number of aromatic nitrogens is 3. The molecular formula is C14H15BrFN3O2. The Morgan fingerprint density at radius 3 is 2.76 bits per heavy atom. The molecule has 5 nitrogen and oxygen atoms in total. The van der Waals surface area contributed by atoms with Gasteiger partial charge in [-0.1, -0.05) is 41.1 Å². The summed E-state index contributed by atoms with van der Waals surface area (Å²) in [5, 5.41) is 16.7. The molecule has 0 aliphatic carbocycles. The second-order valence-corrected chi connectivity index (χ2v) is 6.10. The number of hydrogen-bond donors (Lipinski definition) is 1. The number of benzene rings is 1. The van der Waals surface area contributed by atoms with Gasteiger partial charge in [0.15, 0.2) is 5.69 Å². The Kier molecular flexibility index (Phi) is 4.72. The zero-order chi connectivity index (χ0) is 15.6. The summed E-state index contributed by atoms with van der Waals surface area (Å²) < 4.78 is 16.0. The van der Waals surface area contributed by atoms with Crippen LogP contribution < -0.4 is 0 Å². The standard InChI is InChI=1S/C14H15BrFN3O2/c1-8(2)5-12-13(14(20)21)17-18-19(12)7-9-3-4-10(15)6-11(9)16/h3-4,6,8H,5,7H2,1-2H3,(H,20,21). The van der Waals surface area contributed by atoms with Gasteiger partial charge < -0.3 is 5.11 Å². The van der Waals surface area contributed by atoms with Crippen LogP contribution in [0.25, 0.3) is 0 Å². The molecule has 21 heavy (non-hydrogen) atoms. The lowest BCUT2D eigenvalue weighted by Crippen LogP contribution is -2.12. The molecule has 112 valence electrons. The third-order valence-corrected chi connectivity index (χ3v) is 3.47. The summed E-state index contributed by atoms with van der Waals surface area (Å²) in [5.74, 6) is -1.24. The van der Waals surface area contributed by atoms with E-state index in [1.807, 2.05) is 13.8 Å². The number of carboxylic acids is 1. The minimum atomic E-state index is -1.12. The Balaban J connectivity index is 2.37. The van der Waals surface area contributed by atoms with Gasteiger partial charge in [-0.3, -0.25) is 0 Å². The lowest BCUT2D eigenvalue weighted by molar-refractivity contribution is 0.0689. The quantitative estimate of drug-likeness (QED) is 0.894. The zero-order valence-corrected chi connectivity index (χ0v) is 13.3. The Morgan fingerprint density at radius 2 is 2.19 bits per heavy atom. The van der Waals surface area contributed by atoms with Gasteiger partial charge in [-0.25, -0.2) is 13.9 Å². The molecule has 2 aromatic rings. The van der Waals surface area contributed by atoms with Crippen LogP contribution in [0, 0.1) is 11.7 Å². The first-order valence-corrected chi connectivity index (χ1v) is 7.27. The van der Waals surface area contributed by atoms with Gasteiger partial charge in [-0.15, -0.1) is 5.10 Å². The highest BCUT2D eigenvalue weighted by molar-refractivity contribution is 9.10.